The molecular weight excluding hydrogens is 370 g/mol. The normalized spacial score (nSPS) is 18.6. The molecule has 0 saturated carbocycles. The molecule has 1 aromatic carbocycles. The van der Waals surface area contributed by atoms with Gasteiger partial charge in [-0.1, -0.05) is 19.9 Å². The Hall–Kier alpha value is -2.05. The van der Waals surface area contributed by atoms with Gasteiger partial charge in [0.25, 0.3) is 0 Å². The fraction of sp³-hybridized carbons (Fsp3) is 0.500. The minimum atomic E-state index is -0.0928. The van der Waals surface area contributed by atoms with Crippen molar-refractivity contribution in [3.05, 3.63) is 40.6 Å². The lowest BCUT2D eigenvalue weighted by atomic mass is 10.1. The third-order valence-corrected chi connectivity index (χ3v) is 6.18. The molecular formula is C22H31N3O2S. The molecule has 3 rings (SSSR count). The zero-order valence-corrected chi connectivity index (χ0v) is 17.8. The van der Waals surface area contributed by atoms with E-state index in [2.05, 4.69) is 29.0 Å². The van der Waals surface area contributed by atoms with E-state index in [4.69, 9.17) is 4.74 Å². The molecule has 0 unspecified atom stereocenters. The number of carbonyl (C=O) groups excluding carboxylic acids is 1. The van der Waals surface area contributed by atoms with E-state index in [0.717, 1.165) is 55.9 Å². The van der Waals surface area contributed by atoms with E-state index in [1.807, 2.05) is 43.1 Å². The Bertz CT molecular complexity index is 777. The number of likely N-dealkylation sites (N-methyl/N-ethyl adjacent to an activating group) is 1. The number of amides is 1. The molecule has 1 aliphatic rings. The Balaban J connectivity index is 1.80. The number of hydrogen-bond donors (Lipinski definition) is 2. The van der Waals surface area contributed by atoms with Gasteiger partial charge in [-0.15, -0.1) is 11.3 Å². The van der Waals surface area contributed by atoms with Crippen molar-refractivity contribution in [1.82, 2.24) is 5.32 Å². The Morgan fingerprint density at radius 2 is 2.14 bits per heavy atom. The minimum absolute atomic E-state index is 0.00737. The van der Waals surface area contributed by atoms with Crippen molar-refractivity contribution in [3.8, 4) is 5.75 Å². The van der Waals surface area contributed by atoms with Crippen LogP contribution < -0.4 is 20.3 Å². The van der Waals surface area contributed by atoms with Crippen LogP contribution in [0.2, 0.25) is 0 Å². The highest BCUT2D eigenvalue weighted by molar-refractivity contribution is 7.10. The maximum absolute atomic E-state index is 13.0. The molecule has 0 bridgehead atoms. The predicted octanol–water partition coefficient (Wildman–Crippen LogP) is 4.81. The van der Waals surface area contributed by atoms with Crippen LogP contribution >= 0.6 is 11.3 Å². The summed E-state index contributed by atoms with van der Waals surface area (Å²) in [5, 5.41) is 8.66. The van der Waals surface area contributed by atoms with Crippen LogP contribution in [0, 0.1) is 0 Å². The van der Waals surface area contributed by atoms with Gasteiger partial charge in [-0.25, -0.2) is 0 Å². The van der Waals surface area contributed by atoms with Crippen LogP contribution in [0.4, 0.5) is 11.4 Å². The van der Waals surface area contributed by atoms with Crippen LogP contribution in [0.5, 0.6) is 5.75 Å². The van der Waals surface area contributed by atoms with Gasteiger partial charge in [-0.2, -0.15) is 0 Å². The maximum Gasteiger partial charge on any atom is 0.244 e. The maximum atomic E-state index is 13.0. The van der Waals surface area contributed by atoms with Crippen molar-refractivity contribution in [2.75, 3.05) is 30.4 Å². The quantitative estimate of drug-likeness (QED) is 0.666. The summed E-state index contributed by atoms with van der Waals surface area (Å²) in [5.41, 5.74) is 2.03. The van der Waals surface area contributed by atoms with E-state index in [0.29, 0.717) is 0 Å². The number of ether oxygens (including phenoxy) is 1. The second-order valence-corrected chi connectivity index (χ2v) is 8.00. The van der Waals surface area contributed by atoms with Crippen LogP contribution in [-0.2, 0) is 4.79 Å². The predicted molar refractivity (Wildman–Crippen MR) is 118 cm³/mol. The summed E-state index contributed by atoms with van der Waals surface area (Å²) in [6, 6.07) is 9.95. The lowest BCUT2D eigenvalue weighted by Gasteiger charge is -2.26. The third kappa shape index (κ3) is 4.67. The first kappa shape index (κ1) is 20.7. The largest absolute Gasteiger partial charge is 0.485 e. The fourth-order valence-electron chi connectivity index (χ4n) is 3.72. The first-order chi connectivity index (χ1) is 13.7. The van der Waals surface area contributed by atoms with Crippen LogP contribution in [0.1, 0.15) is 50.5 Å². The highest BCUT2D eigenvalue weighted by Gasteiger charge is 2.27. The van der Waals surface area contributed by atoms with E-state index in [9.17, 15) is 4.79 Å². The van der Waals surface area contributed by atoms with Crippen LogP contribution in [0.25, 0.3) is 0 Å². The Kier molecular flexibility index (Phi) is 7.34. The van der Waals surface area contributed by atoms with E-state index >= 15 is 0 Å². The molecule has 1 fully saturated rings. The van der Waals surface area contributed by atoms with Gasteiger partial charge in [0.05, 0.1) is 16.6 Å². The number of hydrogen-bond acceptors (Lipinski definition) is 5. The fourth-order valence-corrected chi connectivity index (χ4v) is 4.73. The van der Waals surface area contributed by atoms with Gasteiger partial charge >= 0.3 is 0 Å². The van der Waals surface area contributed by atoms with Crippen molar-refractivity contribution in [3.63, 3.8) is 0 Å². The van der Waals surface area contributed by atoms with E-state index in [1.54, 1.807) is 11.3 Å². The first-order valence-electron chi connectivity index (χ1n) is 10.2. The molecule has 2 N–H and O–H groups in total. The van der Waals surface area contributed by atoms with Crippen molar-refractivity contribution < 1.29 is 9.53 Å². The molecule has 2 heterocycles. The van der Waals surface area contributed by atoms with Crippen molar-refractivity contribution in [2.24, 2.45) is 0 Å². The van der Waals surface area contributed by atoms with E-state index < -0.39 is 0 Å². The Morgan fingerprint density at radius 1 is 1.29 bits per heavy atom. The summed E-state index contributed by atoms with van der Waals surface area (Å²) in [7, 11) is 1.94. The standard InChI is InChI=1S/C22H31N3O2S/c1-4-20(21-18(23-3)12-14-28-21)27-17-10-8-9-16(15-17)25-13-7-6-11-19(22(25)26)24-5-2/h8-10,12,14-15,19-20,23-24H,4-7,11,13H2,1-3H3/t19-,20+/m1/s1. The lowest BCUT2D eigenvalue weighted by molar-refractivity contribution is -0.120. The zero-order chi connectivity index (χ0) is 19.9. The second kappa shape index (κ2) is 9.94. The summed E-state index contributed by atoms with van der Waals surface area (Å²) >= 11 is 1.71. The van der Waals surface area contributed by atoms with Crippen molar-refractivity contribution in [1.29, 1.82) is 0 Å². The molecule has 0 spiro atoms. The molecule has 6 heteroatoms. The van der Waals surface area contributed by atoms with Gasteiger partial charge in [-0.05, 0) is 55.8 Å². The average molecular weight is 402 g/mol. The average Bonchev–Trinajstić information content (AvgIpc) is 3.12. The highest BCUT2D eigenvalue weighted by atomic mass is 32.1. The molecule has 1 amide bonds. The smallest absolute Gasteiger partial charge is 0.244 e. The van der Waals surface area contributed by atoms with Crippen LogP contribution in [0.3, 0.4) is 0 Å². The molecule has 28 heavy (non-hydrogen) atoms. The van der Waals surface area contributed by atoms with E-state index in [1.165, 1.54) is 4.88 Å². The summed E-state index contributed by atoms with van der Waals surface area (Å²) in [4.78, 5) is 16.1. The summed E-state index contributed by atoms with van der Waals surface area (Å²) in [5.74, 6) is 0.969. The molecule has 1 saturated heterocycles. The SMILES string of the molecule is CCN[C@@H]1CCCCN(c2cccc(O[C@@H](CC)c3sccc3NC)c2)C1=O. The lowest BCUT2D eigenvalue weighted by Crippen LogP contribution is -2.45. The Labute approximate surface area is 172 Å². The molecule has 0 aliphatic carbocycles. The van der Waals surface area contributed by atoms with Gasteiger partial charge in [0.2, 0.25) is 5.91 Å². The molecule has 2 aromatic rings. The number of carbonyl (C=O) groups is 1. The Morgan fingerprint density at radius 3 is 2.89 bits per heavy atom. The molecule has 0 radical (unpaired) electrons. The number of rotatable bonds is 8. The van der Waals surface area contributed by atoms with Gasteiger partial charge < -0.3 is 20.3 Å². The number of thiophene rings is 1. The zero-order valence-electron chi connectivity index (χ0n) is 17.0. The molecule has 152 valence electrons. The first-order valence-corrected chi connectivity index (χ1v) is 11.1. The third-order valence-electron chi connectivity index (χ3n) is 5.17. The van der Waals surface area contributed by atoms with Crippen LogP contribution in [-0.4, -0.2) is 32.1 Å². The molecule has 5 nitrogen and oxygen atoms in total. The number of anilines is 2. The van der Waals surface area contributed by atoms with Gasteiger partial charge in [0.1, 0.15) is 11.9 Å². The van der Waals surface area contributed by atoms with E-state index in [-0.39, 0.29) is 18.1 Å². The summed E-state index contributed by atoms with van der Waals surface area (Å²) < 4.78 is 6.34. The van der Waals surface area contributed by atoms with Gasteiger partial charge in [0.15, 0.2) is 0 Å². The highest BCUT2D eigenvalue weighted by Crippen LogP contribution is 2.35. The van der Waals surface area contributed by atoms with Gasteiger partial charge in [-0.3, -0.25) is 4.79 Å². The minimum Gasteiger partial charge on any atom is -0.485 e. The summed E-state index contributed by atoms with van der Waals surface area (Å²) in [6.07, 6.45) is 3.87. The monoisotopic (exact) mass is 401 g/mol. The molecule has 2 atom stereocenters. The number of benzene rings is 1. The number of nitrogens with one attached hydrogen (secondary N) is 2. The number of nitrogens with zero attached hydrogens (tertiary/aromatic N) is 1. The summed E-state index contributed by atoms with van der Waals surface area (Å²) in [6.45, 7) is 5.75. The molecule has 1 aliphatic heterocycles. The van der Waals surface area contributed by atoms with Crippen LogP contribution in [0.15, 0.2) is 35.7 Å². The van der Waals surface area contributed by atoms with Gasteiger partial charge in [0, 0.05) is 25.3 Å². The van der Waals surface area contributed by atoms with Crippen molar-refractivity contribution in [2.45, 2.75) is 51.7 Å². The topological polar surface area (TPSA) is 53.6 Å². The second-order valence-electron chi connectivity index (χ2n) is 7.06. The van der Waals surface area contributed by atoms with Crippen molar-refractivity contribution >= 4 is 28.6 Å². The molecule has 1 aromatic heterocycles.